The summed E-state index contributed by atoms with van der Waals surface area (Å²) in [6, 6.07) is 17.1. The van der Waals surface area contributed by atoms with Gasteiger partial charge in [0.15, 0.2) is 0 Å². The normalized spacial score (nSPS) is 12.0. The molecule has 0 saturated heterocycles. The third kappa shape index (κ3) is 2.85. The maximum absolute atomic E-state index is 12.8. The average Bonchev–Trinajstić information content (AvgIpc) is 3.38. The van der Waals surface area contributed by atoms with Crippen molar-refractivity contribution >= 4 is 22.9 Å². The van der Waals surface area contributed by atoms with Gasteiger partial charge in [-0.25, -0.2) is 4.68 Å². The molecule has 0 unspecified atom stereocenters. The molecule has 8 heteroatoms. The van der Waals surface area contributed by atoms with Crippen LogP contribution in [0, 0.1) is 0 Å². The third-order valence-corrected chi connectivity index (χ3v) is 5.47. The number of benzene rings is 2. The van der Waals surface area contributed by atoms with Gasteiger partial charge in [0.05, 0.1) is 10.6 Å². The quantitative estimate of drug-likeness (QED) is 0.592. The van der Waals surface area contributed by atoms with Crippen LogP contribution in [0.1, 0.15) is 15.2 Å². The minimum Gasteiger partial charge on any atom is -0.488 e. The lowest BCUT2D eigenvalue weighted by molar-refractivity contribution is 0.103. The molecule has 0 radical (unpaired) electrons. The van der Waals surface area contributed by atoms with E-state index in [4.69, 9.17) is 4.74 Å². The molecule has 1 aliphatic rings. The number of nitrogens with one attached hydrogen (secondary N) is 1. The van der Waals surface area contributed by atoms with Crippen LogP contribution in [0.5, 0.6) is 5.75 Å². The summed E-state index contributed by atoms with van der Waals surface area (Å²) >= 11 is 1.48. The van der Waals surface area contributed by atoms with Crippen molar-refractivity contribution in [3.63, 3.8) is 0 Å². The van der Waals surface area contributed by atoms with E-state index in [1.54, 1.807) is 0 Å². The Morgan fingerprint density at radius 2 is 2.07 bits per heavy atom. The lowest BCUT2D eigenvalue weighted by Crippen LogP contribution is -2.10. The maximum Gasteiger partial charge on any atom is 0.265 e. The van der Waals surface area contributed by atoms with Crippen LogP contribution in [0.25, 0.3) is 16.1 Å². The van der Waals surface area contributed by atoms with Crippen LogP contribution in [-0.2, 0) is 6.61 Å². The third-order valence-electron chi connectivity index (χ3n) is 4.27. The van der Waals surface area contributed by atoms with Crippen LogP contribution in [0.2, 0.25) is 0 Å². The first kappa shape index (κ1) is 15.7. The van der Waals surface area contributed by atoms with E-state index in [0.29, 0.717) is 17.2 Å². The summed E-state index contributed by atoms with van der Waals surface area (Å²) in [7, 11) is 0. The molecule has 1 N–H and O–H groups in total. The molecule has 5 rings (SSSR count). The van der Waals surface area contributed by atoms with Crippen LogP contribution in [0.15, 0.2) is 60.9 Å². The highest BCUT2D eigenvalue weighted by atomic mass is 32.1. The number of aromatic nitrogens is 4. The van der Waals surface area contributed by atoms with Crippen LogP contribution in [0.3, 0.4) is 0 Å². The van der Waals surface area contributed by atoms with Crippen LogP contribution in [0.4, 0.5) is 5.69 Å². The summed E-state index contributed by atoms with van der Waals surface area (Å²) in [6.45, 7) is 0.477. The molecular weight excluding hydrogens is 362 g/mol. The monoisotopic (exact) mass is 375 g/mol. The van der Waals surface area contributed by atoms with Crippen molar-refractivity contribution in [2.45, 2.75) is 6.61 Å². The maximum atomic E-state index is 12.8. The van der Waals surface area contributed by atoms with E-state index in [0.717, 1.165) is 27.4 Å². The molecule has 1 aliphatic heterocycles. The predicted octanol–water partition coefficient (Wildman–Crippen LogP) is 3.54. The number of rotatable bonds is 3. The minimum atomic E-state index is -0.152. The number of carbonyl (C=O) groups is 1. The number of para-hydroxylation sites is 1. The molecular formula is C19H13N5O2S. The Balaban J connectivity index is 1.42. The molecule has 0 bridgehead atoms. The summed E-state index contributed by atoms with van der Waals surface area (Å²) in [4.78, 5) is 14.5. The number of tetrazole rings is 1. The van der Waals surface area contributed by atoms with Gasteiger partial charge in [0, 0.05) is 21.7 Å². The molecule has 0 saturated carbocycles. The molecule has 0 aliphatic carbocycles. The SMILES string of the molecule is O=C(Nc1cccc(-n2cnnn2)c1)c1cc2c(s1)-c1ccccc1OC2. The second-order valence-corrected chi connectivity index (χ2v) is 7.06. The van der Waals surface area contributed by atoms with Crippen molar-refractivity contribution in [3.8, 4) is 21.9 Å². The zero-order chi connectivity index (χ0) is 18.2. The molecule has 7 nitrogen and oxygen atoms in total. The number of amides is 1. The van der Waals surface area contributed by atoms with E-state index in [2.05, 4.69) is 20.8 Å². The molecule has 3 heterocycles. The van der Waals surface area contributed by atoms with Crippen molar-refractivity contribution in [1.82, 2.24) is 20.2 Å². The van der Waals surface area contributed by atoms with E-state index >= 15 is 0 Å². The van der Waals surface area contributed by atoms with Gasteiger partial charge in [-0.3, -0.25) is 4.79 Å². The zero-order valence-corrected chi connectivity index (χ0v) is 14.8. The summed E-state index contributed by atoms with van der Waals surface area (Å²) in [5.74, 6) is 0.702. The fraction of sp³-hybridized carbons (Fsp3) is 0.0526. The van der Waals surface area contributed by atoms with Gasteiger partial charge in [-0.05, 0) is 46.8 Å². The Hall–Kier alpha value is -3.52. The molecule has 4 aromatic rings. The highest BCUT2D eigenvalue weighted by Crippen LogP contribution is 2.42. The Morgan fingerprint density at radius 1 is 1.15 bits per heavy atom. The van der Waals surface area contributed by atoms with Gasteiger partial charge < -0.3 is 10.1 Å². The van der Waals surface area contributed by atoms with Gasteiger partial charge >= 0.3 is 0 Å². The van der Waals surface area contributed by atoms with E-state index in [-0.39, 0.29) is 5.91 Å². The number of thiophene rings is 1. The molecule has 2 aromatic heterocycles. The second kappa shape index (κ2) is 6.33. The van der Waals surface area contributed by atoms with Crippen molar-refractivity contribution in [1.29, 1.82) is 0 Å². The van der Waals surface area contributed by atoms with E-state index in [1.807, 2.05) is 54.6 Å². The van der Waals surface area contributed by atoms with Gasteiger partial charge in [0.1, 0.15) is 18.7 Å². The largest absolute Gasteiger partial charge is 0.488 e. The lowest BCUT2D eigenvalue weighted by atomic mass is 10.1. The van der Waals surface area contributed by atoms with Crippen LogP contribution < -0.4 is 10.1 Å². The first-order valence-electron chi connectivity index (χ1n) is 8.27. The molecule has 27 heavy (non-hydrogen) atoms. The smallest absolute Gasteiger partial charge is 0.265 e. The number of hydrogen-bond donors (Lipinski definition) is 1. The van der Waals surface area contributed by atoms with Gasteiger partial charge in [-0.1, -0.05) is 18.2 Å². The van der Waals surface area contributed by atoms with E-state index < -0.39 is 0 Å². The molecule has 0 atom stereocenters. The summed E-state index contributed by atoms with van der Waals surface area (Å²) in [5.41, 5.74) is 3.51. The number of carbonyl (C=O) groups excluding carboxylic acids is 1. The first-order chi connectivity index (χ1) is 13.3. The molecule has 0 spiro atoms. The minimum absolute atomic E-state index is 0.152. The number of nitrogens with zero attached hydrogens (tertiary/aromatic N) is 4. The lowest BCUT2D eigenvalue weighted by Gasteiger charge is -2.16. The second-order valence-electron chi connectivity index (χ2n) is 6.01. The number of ether oxygens (including phenoxy) is 1. The van der Waals surface area contributed by atoms with Gasteiger partial charge in [0.2, 0.25) is 0 Å². The van der Waals surface area contributed by atoms with Crippen molar-refractivity contribution in [2.24, 2.45) is 0 Å². The van der Waals surface area contributed by atoms with Gasteiger partial charge in [0.25, 0.3) is 5.91 Å². The first-order valence-corrected chi connectivity index (χ1v) is 9.09. The van der Waals surface area contributed by atoms with Crippen molar-refractivity contribution in [3.05, 3.63) is 71.4 Å². The van der Waals surface area contributed by atoms with Crippen LogP contribution >= 0.6 is 11.3 Å². The Labute approximate surface area is 158 Å². The Bertz CT molecular complexity index is 1140. The van der Waals surface area contributed by atoms with Crippen LogP contribution in [-0.4, -0.2) is 26.1 Å². The van der Waals surface area contributed by atoms with Gasteiger partial charge in [-0.15, -0.1) is 16.4 Å². The van der Waals surface area contributed by atoms with Gasteiger partial charge in [-0.2, -0.15) is 0 Å². The Morgan fingerprint density at radius 3 is 2.96 bits per heavy atom. The molecule has 0 fully saturated rings. The van der Waals surface area contributed by atoms with Crippen molar-refractivity contribution in [2.75, 3.05) is 5.32 Å². The average molecular weight is 375 g/mol. The van der Waals surface area contributed by atoms with E-state index in [9.17, 15) is 4.79 Å². The number of anilines is 1. The molecule has 1 amide bonds. The fourth-order valence-electron chi connectivity index (χ4n) is 3.01. The molecule has 2 aromatic carbocycles. The predicted molar refractivity (Wildman–Crippen MR) is 101 cm³/mol. The van der Waals surface area contributed by atoms with E-state index in [1.165, 1.54) is 22.3 Å². The zero-order valence-electron chi connectivity index (χ0n) is 14.0. The highest BCUT2D eigenvalue weighted by molar-refractivity contribution is 7.17. The summed E-state index contributed by atoms with van der Waals surface area (Å²) in [5, 5.41) is 14.1. The fourth-order valence-corrected chi connectivity index (χ4v) is 4.10. The number of fused-ring (bicyclic) bond motifs is 3. The number of hydrogen-bond acceptors (Lipinski definition) is 6. The topological polar surface area (TPSA) is 81.9 Å². The summed E-state index contributed by atoms with van der Waals surface area (Å²) in [6.07, 6.45) is 1.51. The molecule has 132 valence electrons. The summed E-state index contributed by atoms with van der Waals surface area (Å²) < 4.78 is 7.31. The van der Waals surface area contributed by atoms with Crippen molar-refractivity contribution < 1.29 is 9.53 Å². The highest BCUT2D eigenvalue weighted by Gasteiger charge is 2.22. The Kier molecular flexibility index (Phi) is 3.68. The standard InChI is InChI=1S/C19H13N5O2S/c25-19(21-13-4-3-5-14(9-13)24-11-20-22-23-24)17-8-12-10-26-16-7-2-1-6-15(16)18(12)27-17/h1-9,11H,10H2,(H,21,25).